The molecule has 1 aliphatic heterocycles. The fourth-order valence-corrected chi connectivity index (χ4v) is 3.27. The molecule has 2 rings (SSSR count). The molecule has 1 aromatic heterocycles. The van der Waals surface area contributed by atoms with Gasteiger partial charge in [0, 0.05) is 29.0 Å². The first-order valence-electron chi connectivity index (χ1n) is 6.28. The highest BCUT2D eigenvalue weighted by molar-refractivity contribution is 9.10. The molecule has 1 unspecified atom stereocenters. The molecule has 1 saturated heterocycles. The fraction of sp³-hybridized carbons (Fsp3) is 0.538. The summed E-state index contributed by atoms with van der Waals surface area (Å²) in [7, 11) is 0. The van der Waals surface area contributed by atoms with Gasteiger partial charge in [0.15, 0.2) is 5.69 Å². The van der Waals surface area contributed by atoms with Crippen LogP contribution in [-0.4, -0.2) is 45.5 Å². The average molecular weight is 345 g/mol. The van der Waals surface area contributed by atoms with Crippen LogP contribution in [0.15, 0.2) is 16.7 Å². The van der Waals surface area contributed by atoms with Crippen molar-refractivity contribution in [3.63, 3.8) is 0 Å². The lowest BCUT2D eigenvalue weighted by atomic mass is 10.2. The van der Waals surface area contributed by atoms with Crippen LogP contribution in [0.5, 0.6) is 5.75 Å². The summed E-state index contributed by atoms with van der Waals surface area (Å²) in [6, 6.07) is 1.50. The molecular weight excluding hydrogens is 328 g/mol. The van der Waals surface area contributed by atoms with Crippen molar-refractivity contribution < 1.29 is 9.90 Å². The van der Waals surface area contributed by atoms with Crippen molar-refractivity contribution in [1.82, 2.24) is 9.88 Å². The minimum Gasteiger partial charge on any atom is -0.505 e. The second kappa shape index (κ2) is 6.61. The third-order valence-electron chi connectivity index (χ3n) is 3.29. The third kappa shape index (κ3) is 3.63. The van der Waals surface area contributed by atoms with Crippen LogP contribution in [0, 0.1) is 0 Å². The topological polar surface area (TPSA) is 53.4 Å². The van der Waals surface area contributed by atoms with E-state index in [1.165, 1.54) is 12.3 Å². The normalized spacial score (nSPS) is 20.1. The quantitative estimate of drug-likeness (QED) is 0.896. The van der Waals surface area contributed by atoms with E-state index >= 15 is 0 Å². The Bertz CT molecular complexity index is 470. The first-order valence-corrected chi connectivity index (χ1v) is 8.36. The molecule has 0 radical (unpaired) electrons. The van der Waals surface area contributed by atoms with Gasteiger partial charge >= 0.3 is 0 Å². The largest absolute Gasteiger partial charge is 0.505 e. The molecule has 1 aromatic rings. The minimum absolute atomic E-state index is 0.0654. The summed E-state index contributed by atoms with van der Waals surface area (Å²) in [5, 5.41) is 10.3. The zero-order chi connectivity index (χ0) is 13.8. The van der Waals surface area contributed by atoms with Gasteiger partial charge in [0.05, 0.1) is 0 Å². The van der Waals surface area contributed by atoms with Crippen LogP contribution in [0.1, 0.15) is 29.8 Å². The van der Waals surface area contributed by atoms with Crippen LogP contribution in [-0.2, 0) is 0 Å². The number of pyridine rings is 1. The molecule has 0 saturated carbocycles. The second-order valence-electron chi connectivity index (χ2n) is 4.63. The number of carbonyl (C=O) groups excluding carboxylic acids is 1. The molecule has 2 heterocycles. The van der Waals surface area contributed by atoms with Crippen molar-refractivity contribution in [2.24, 2.45) is 0 Å². The monoisotopic (exact) mass is 344 g/mol. The number of amides is 1. The van der Waals surface area contributed by atoms with Gasteiger partial charge in [-0.15, -0.1) is 0 Å². The van der Waals surface area contributed by atoms with Gasteiger partial charge in [-0.05, 0) is 41.1 Å². The molecule has 1 amide bonds. The van der Waals surface area contributed by atoms with Crippen molar-refractivity contribution in [3.8, 4) is 5.75 Å². The number of aromatic hydroxyl groups is 1. The standard InChI is InChI=1S/C13H17BrN2O2S/c1-19-10-4-2-3-5-16(8-10)13(18)12-11(17)6-9(14)7-15-12/h6-7,10,17H,2-5,8H2,1H3. The lowest BCUT2D eigenvalue weighted by Crippen LogP contribution is -2.36. The molecule has 19 heavy (non-hydrogen) atoms. The molecule has 0 spiro atoms. The number of rotatable bonds is 2. The van der Waals surface area contributed by atoms with Gasteiger partial charge in [-0.2, -0.15) is 11.8 Å². The number of thioether (sulfide) groups is 1. The molecular formula is C13H17BrN2O2S. The van der Waals surface area contributed by atoms with Crippen molar-refractivity contribution >= 4 is 33.6 Å². The van der Waals surface area contributed by atoms with Gasteiger partial charge < -0.3 is 10.0 Å². The van der Waals surface area contributed by atoms with Crippen LogP contribution in [0.2, 0.25) is 0 Å². The van der Waals surface area contributed by atoms with Crippen LogP contribution >= 0.6 is 27.7 Å². The van der Waals surface area contributed by atoms with E-state index < -0.39 is 0 Å². The Hall–Kier alpha value is -0.750. The number of hydrogen-bond acceptors (Lipinski definition) is 4. The second-order valence-corrected chi connectivity index (χ2v) is 6.68. The lowest BCUT2D eigenvalue weighted by molar-refractivity contribution is 0.0754. The zero-order valence-electron chi connectivity index (χ0n) is 10.8. The molecule has 0 bridgehead atoms. The van der Waals surface area contributed by atoms with E-state index in [9.17, 15) is 9.90 Å². The molecule has 1 atom stereocenters. The first-order chi connectivity index (χ1) is 9.11. The van der Waals surface area contributed by atoms with Gasteiger partial charge in [0.2, 0.25) is 0 Å². The number of halogens is 1. The molecule has 104 valence electrons. The predicted octanol–water partition coefficient (Wildman–Crippen LogP) is 2.91. The first kappa shape index (κ1) is 14.7. The van der Waals surface area contributed by atoms with Crippen molar-refractivity contribution in [2.75, 3.05) is 19.3 Å². The van der Waals surface area contributed by atoms with E-state index in [0.29, 0.717) is 9.72 Å². The lowest BCUT2D eigenvalue weighted by Gasteiger charge is -2.23. The molecule has 1 fully saturated rings. The van der Waals surface area contributed by atoms with Gasteiger partial charge in [-0.3, -0.25) is 4.79 Å². The zero-order valence-corrected chi connectivity index (χ0v) is 13.2. The Kier molecular flexibility index (Phi) is 5.10. The number of hydrogen-bond donors (Lipinski definition) is 1. The predicted molar refractivity (Wildman–Crippen MR) is 80.7 cm³/mol. The number of nitrogens with zero attached hydrogens (tertiary/aromatic N) is 2. The minimum atomic E-state index is -0.175. The van der Waals surface area contributed by atoms with Gasteiger partial charge in [0.25, 0.3) is 5.91 Å². The Morgan fingerprint density at radius 1 is 1.58 bits per heavy atom. The summed E-state index contributed by atoms with van der Waals surface area (Å²) < 4.78 is 0.666. The van der Waals surface area contributed by atoms with Crippen molar-refractivity contribution in [3.05, 3.63) is 22.4 Å². The van der Waals surface area contributed by atoms with E-state index in [1.54, 1.807) is 11.8 Å². The molecule has 1 aliphatic rings. The Morgan fingerprint density at radius 3 is 3.05 bits per heavy atom. The number of likely N-dealkylation sites (tertiary alicyclic amines) is 1. The fourth-order valence-electron chi connectivity index (χ4n) is 2.22. The molecule has 4 nitrogen and oxygen atoms in total. The molecule has 1 N–H and O–H groups in total. The van der Waals surface area contributed by atoms with E-state index in [1.807, 2.05) is 4.90 Å². The maximum atomic E-state index is 12.4. The Balaban J connectivity index is 2.17. The summed E-state index contributed by atoms with van der Waals surface area (Å²) in [4.78, 5) is 18.3. The summed E-state index contributed by atoms with van der Waals surface area (Å²) in [5.74, 6) is -0.240. The van der Waals surface area contributed by atoms with E-state index in [0.717, 1.165) is 32.4 Å². The highest BCUT2D eigenvalue weighted by atomic mass is 79.9. The van der Waals surface area contributed by atoms with Gasteiger partial charge in [-0.1, -0.05) is 6.42 Å². The summed E-state index contributed by atoms with van der Waals surface area (Å²) in [6.07, 6.45) is 6.92. The average Bonchev–Trinajstić information content (AvgIpc) is 2.63. The number of carbonyl (C=O) groups is 1. The highest BCUT2D eigenvalue weighted by Gasteiger charge is 2.25. The molecule has 6 heteroatoms. The molecule has 0 aliphatic carbocycles. The van der Waals surface area contributed by atoms with Crippen LogP contribution < -0.4 is 0 Å². The van der Waals surface area contributed by atoms with Crippen LogP contribution in [0.25, 0.3) is 0 Å². The van der Waals surface area contributed by atoms with E-state index in [-0.39, 0.29) is 17.4 Å². The van der Waals surface area contributed by atoms with Crippen LogP contribution in [0.4, 0.5) is 0 Å². The van der Waals surface area contributed by atoms with Gasteiger partial charge in [0.1, 0.15) is 5.75 Å². The maximum Gasteiger partial charge on any atom is 0.276 e. The highest BCUT2D eigenvalue weighted by Crippen LogP contribution is 2.24. The maximum absolute atomic E-state index is 12.4. The summed E-state index contributed by atoms with van der Waals surface area (Å²) in [5.41, 5.74) is 0.143. The smallest absolute Gasteiger partial charge is 0.276 e. The third-order valence-corrected chi connectivity index (χ3v) is 4.77. The Morgan fingerprint density at radius 2 is 2.37 bits per heavy atom. The SMILES string of the molecule is CSC1CCCCN(C(=O)c2ncc(Br)cc2O)C1. The van der Waals surface area contributed by atoms with Crippen molar-refractivity contribution in [1.29, 1.82) is 0 Å². The van der Waals surface area contributed by atoms with Gasteiger partial charge in [-0.25, -0.2) is 4.98 Å². The summed E-state index contributed by atoms with van der Waals surface area (Å²) >= 11 is 5.02. The van der Waals surface area contributed by atoms with E-state index in [4.69, 9.17) is 0 Å². The summed E-state index contributed by atoms with van der Waals surface area (Å²) in [6.45, 7) is 1.48. The van der Waals surface area contributed by atoms with E-state index in [2.05, 4.69) is 27.2 Å². The Labute approximate surface area is 125 Å². The number of aromatic nitrogens is 1. The van der Waals surface area contributed by atoms with Crippen LogP contribution in [0.3, 0.4) is 0 Å². The van der Waals surface area contributed by atoms with Crippen molar-refractivity contribution in [2.45, 2.75) is 24.5 Å². The molecule has 0 aromatic carbocycles.